The number of carbonyl (C=O) groups is 4. The van der Waals surface area contributed by atoms with Crippen molar-refractivity contribution in [2.75, 3.05) is 52.3 Å². The van der Waals surface area contributed by atoms with E-state index in [1.54, 1.807) is 99.1 Å². The van der Waals surface area contributed by atoms with Crippen LogP contribution in [0.3, 0.4) is 0 Å². The van der Waals surface area contributed by atoms with Gasteiger partial charge in [-0.05, 0) is 84.9 Å². The van der Waals surface area contributed by atoms with E-state index in [4.69, 9.17) is 37.9 Å². The summed E-state index contributed by atoms with van der Waals surface area (Å²) >= 11 is 0. The van der Waals surface area contributed by atoms with E-state index in [9.17, 15) is 19.2 Å². The highest BCUT2D eigenvalue weighted by molar-refractivity contribution is 6.05. The molecule has 2 saturated heterocycles. The summed E-state index contributed by atoms with van der Waals surface area (Å²) in [5.41, 5.74) is 3.07. The highest BCUT2D eigenvalue weighted by Crippen LogP contribution is 2.32. The smallest absolute Gasteiger partial charge is 0.331 e. The van der Waals surface area contributed by atoms with Crippen LogP contribution in [0.5, 0.6) is 23.0 Å². The fraction of sp³-hybridized carbons (Fsp3) is 0.238. The van der Waals surface area contributed by atoms with Crippen LogP contribution in [0.4, 0.5) is 11.4 Å². The lowest BCUT2D eigenvalue weighted by Crippen LogP contribution is -2.35. The SMILES string of the molecule is COc1ccc(C(=O)Nc2ccc(/C=C/C(=O)O[C@H]3CO[C@H]4[C@@H]3OC[C@H]4OC(=O)/C=C/c3ccc(NC(=O)c4ccc(OC)cc4)cc3OC)c(OC)c2)cc1. The van der Waals surface area contributed by atoms with E-state index in [1.165, 1.54) is 38.5 Å². The van der Waals surface area contributed by atoms with Gasteiger partial charge in [0.15, 0.2) is 12.2 Å². The van der Waals surface area contributed by atoms with Crippen molar-refractivity contribution in [3.63, 3.8) is 0 Å². The number of hydrogen-bond donors (Lipinski definition) is 2. The van der Waals surface area contributed by atoms with Crippen LogP contribution < -0.4 is 29.6 Å². The second kappa shape index (κ2) is 18.1. The summed E-state index contributed by atoms with van der Waals surface area (Å²) in [5.74, 6) is 0.250. The quantitative estimate of drug-likeness (QED) is 0.121. The molecule has 4 aromatic rings. The summed E-state index contributed by atoms with van der Waals surface area (Å²) in [7, 11) is 6.06. The third-order valence-corrected chi connectivity index (χ3v) is 8.98. The minimum absolute atomic E-state index is 0.0588. The molecule has 2 heterocycles. The zero-order valence-electron chi connectivity index (χ0n) is 31.0. The second-order valence-corrected chi connectivity index (χ2v) is 12.5. The lowest BCUT2D eigenvalue weighted by molar-refractivity contribution is -0.149. The molecule has 2 fully saturated rings. The largest absolute Gasteiger partial charge is 0.497 e. The van der Waals surface area contributed by atoms with Crippen LogP contribution in [0.15, 0.2) is 97.1 Å². The Balaban J connectivity index is 0.983. The predicted molar refractivity (Wildman–Crippen MR) is 205 cm³/mol. The molecular formula is C42H40N2O12. The third kappa shape index (κ3) is 9.53. The molecule has 290 valence electrons. The number of methoxy groups -OCH3 is 4. The lowest BCUT2D eigenvalue weighted by Gasteiger charge is -2.16. The molecule has 2 aliphatic rings. The molecule has 0 spiro atoms. The normalized spacial score (nSPS) is 18.6. The zero-order valence-corrected chi connectivity index (χ0v) is 31.0. The molecule has 0 radical (unpaired) electrons. The predicted octanol–water partition coefficient (Wildman–Crippen LogP) is 5.57. The number of carbonyl (C=O) groups excluding carboxylic acids is 4. The van der Waals surface area contributed by atoms with Gasteiger partial charge in [0.2, 0.25) is 0 Å². The van der Waals surface area contributed by atoms with Crippen LogP contribution in [-0.2, 0) is 28.5 Å². The Morgan fingerprint density at radius 3 is 1.30 bits per heavy atom. The molecular weight excluding hydrogens is 724 g/mol. The average molecular weight is 765 g/mol. The first-order valence-electron chi connectivity index (χ1n) is 17.5. The van der Waals surface area contributed by atoms with Gasteiger partial charge in [0.1, 0.15) is 35.2 Å². The fourth-order valence-corrected chi connectivity index (χ4v) is 6.07. The summed E-state index contributed by atoms with van der Waals surface area (Å²) in [6.45, 7) is 0.118. The van der Waals surface area contributed by atoms with Crippen LogP contribution in [-0.4, -0.2) is 89.8 Å². The van der Waals surface area contributed by atoms with E-state index < -0.39 is 36.4 Å². The van der Waals surface area contributed by atoms with Gasteiger partial charge in [-0.15, -0.1) is 0 Å². The Hall–Kier alpha value is -6.64. The number of hydrogen-bond acceptors (Lipinski definition) is 12. The molecule has 14 heteroatoms. The van der Waals surface area contributed by atoms with Gasteiger partial charge in [0.25, 0.3) is 11.8 Å². The summed E-state index contributed by atoms with van der Waals surface area (Å²) in [6, 6.07) is 23.5. The molecule has 0 aromatic heterocycles. The monoisotopic (exact) mass is 764 g/mol. The maximum absolute atomic E-state index is 12.8. The first-order valence-corrected chi connectivity index (χ1v) is 17.5. The average Bonchev–Trinajstić information content (AvgIpc) is 3.82. The van der Waals surface area contributed by atoms with E-state index >= 15 is 0 Å². The summed E-state index contributed by atoms with van der Waals surface area (Å²) < 4.78 is 44.2. The highest BCUT2D eigenvalue weighted by Gasteiger charge is 2.51. The minimum Gasteiger partial charge on any atom is -0.497 e. The maximum Gasteiger partial charge on any atom is 0.331 e. The van der Waals surface area contributed by atoms with Gasteiger partial charge in [-0.25, -0.2) is 9.59 Å². The molecule has 14 nitrogen and oxygen atoms in total. The Morgan fingerprint density at radius 1 is 0.554 bits per heavy atom. The van der Waals surface area contributed by atoms with Crippen molar-refractivity contribution >= 4 is 47.3 Å². The number of benzene rings is 4. The molecule has 6 rings (SSSR count). The van der Waals surface area contributed by atoms with Crippen molar-refractivity contribution in [2.24, 2.45) is 0 Å². The zero-order chi connectivity index (χ0) is 39.6. The first-order chi connectivity index (χ1) is 27.2. The molecule has 2 amide bonds. The van der Waals surface area contributed by atoms with E-state index in [-0.39, 0.29) is 25.0 Å². The van der Waals surface area contributed by atoms with Crippen molar-refractivity contribution in [2.45, 2.75) is 24.4 Å². The van der Waals surface area contributed by atoms with Crippen LogP contribution in [0.25, 0.3) is 12.2 Å². The molecule has 0 unspecified atom stereocenters. The van der Waals surface area contributed by atoms with Crippen molar-refractivity contribution in [3.8, 4) is 23.0 Å². The standard InChI is InChI=1S/C42H40N2O12/c1-49-31-15-7-27(8-16-31)41(47)43-29-13-5-25(33(21-29)51-3)11-19-37(45)55-35-23-53-40-36(24-54-39(35)40)56-38(46)20-12-26-6-14-30(22-34(26)52-4)44-42(48)28-9-17-32(50-2)18-10-28/h5-22,35-36,39-40H,23-24H2,1-4H3,(H,43,47)(H,44,48)/b19-11+,20-12+/t35-,36+,39-,40-/m1/s1. The van der Waals surface area contributed by atoms with Crippen molar-refractivity contribution < 1.29 is 57.1 Å². The third-order valence-electron chi connectivity index (χ3n) is 8.98. The van der Waals surface area contributed by atoms with E-state index in [0.29, 0.717) is 56.6 Å². The molecule has 2 N–H and O–H groups in total. The number of amides is 2. The first kappa shape index (κ1) is 39.1. The van der Waals surface area contributed by atoms with Crippen molar-refractivity contribution in [1.82, 2.24) is 0 Å². The Labute approximate surface area is 322 Å². The number of nitrogens with one attached hydrogen (secondary N) is 2. The lowest BCUT2D eigenvalue weighted by atomic mass is 10.1. The molecule has 4 atom stereocenters. The number of ether oxygens (including phenoxy) is 8. The molecule has 4 aromatic carbocycles. The van der Waals surface area contributed by atoms with Gasteiger partial charge in [0.05, 0.1) is 41.7 Å². The topological polar surface area (TPSA) is 166 Å². The van der Waals surface area contributed by atoms with Gasteiger partial charge in [-0.2, -0.15) is 0 Å². The van der Waals surface area contributed by atoms with E-state index in [0.717, 1.165) is 0 Å². The number of rotatable bonds is 14. The Bertz CT molecular complexity index is 1960. The van der Waals surface area contributed by atoms with Crippen LogP contribution >= 0.6 is 0 Å². The highest BCUT2D eigenvalue weighted by atomic mass is 16.7. The summed E-state index contributed by atoms with van der Waals surface area (Å²) in [4.78, 5) is 51.0. The van der Waals surface area contributed by atoms with Crippen LogP contribution in [0.1, 0.15) is 31.8 Å². The van der Waals surface area contributed by atoms with Gasteiger partial charge < -0.3 is 48.5 Å². The summed E-state index contributed by atoms with van der Waals surface area (Å²) in [6.07, 6.45) is 2.90. The minimum atomic E-state index is -0.721. The number of anilines is 2. The van der Waals surface area contributed by atoms with Crippen LogP contribution in [0.2, 0.25) is 0 Å². The van der Waals surface area contributed by atoms with E-state index in [2.05, 4.69) is 10.6 Å². The van der Waals surface area contributed by atoms with Crippen molar-refractivity contribution in [3.05, 3.63) is 119 Å². The number of esters is 2. The van der Waals surface area contributed by atoms with Gasteiger partial charge in [-0.3, -0.25) is 9.59 Å². The number of fused-ring (bicyclic) bond motifs is 1. The fourth-order valence-electron chi connectivity index (χ4n) is 6.07. The maximum atomic E-state index is 12.8. The second-order valence-electron chi connectivity index (χ2n) is 12.5. The Kier molecular flexibility index (Phi) is 12.6. The van der Waals surface area contributed by atoms with Crippen molar-refractivity contribution in [1.29, 1.82) is 0 Å². The van der Waals surface area contributed by atoms with E-state index in [1.807, 2.05) is 0 Å². The van der Waals surface area contributed by atoms with Gasteiger partial charge in [-0.1, -0.05) is 0 Å². The summed E-state index contributed by atoms with van der Waals surface area (Å²) in [5, 5.41) is 5.65. The molecule has 0 aliphatic carbocycles. The van der Waals surface area contributed by atoms with Gasteiger partial charge in [0, 0.05) is 57.9 Å². The Morgan fingerprint density at radius 2 is 0.946 bits per heavy atom. The van der Waals surface area contributed by atoms with Gasteiger partial charge >= 0.3 is 11.9 Å². The molecule has 0 bridgehead atoms. The molecule has 2 aliphatic heterocycles. The molecule has 0 saturated carbocycles. The van der Waals surface area contributed by atoms with Crippen LogP contribution in [0, 0.1) is 0 Å². The molecule has 56 heavy (non-hydrogen) atoms.